The zero-order valence-electron chi connectivity index (χ0n) is 14.8. The summed E-state index contributed by atoms with van der Waals surface area (Å²) in [5.74, 6) is -1.57. The number of fused-ring (bicyclic) bond motifs is 1. The minimum absolute atomic E-state index is 0.137. The number of hydrogen-bond acceptors (Lipinski definition) is 8. The highest BCUT2D eigenvalue weighted by atomic mass is 16.6. The summed E-state index contributed by atoms with van der Waals surface area (Å²) in [5, 5.41) is 22.4. The van der Waals surface area contributed by atoms with Crippen molar-refractivity contribution in [3.8, 4) is 0 Å². The molecule has 0 spiro atoms. The number of ether oxygens (including phenoxy) is 1. The largest absolute Gasteiger partial charge is 0.460 e. The van der Waals surface area contributed by atoms with Gasteiger partial charge >= 0.3 is 5.97 Å². The molecule has 9 heteroatoms. The topological polar surface area (TPSA) is 120 Å². The number of nitro groups is 1. The summed E-state index contributed by atoms with van der Waals surface area (Å²) in [6.07, 6.45) is -0.362. The molecule has 0 saturated heterocycles. The van der Waals surface area contributed by atoms with Gasteiger partial charge in [0.2, 0.25) is 0 Å². The van der Waals surface area contributed by atoms with Gasteiger partial charge in [-0.25, -0.2) is 9.42 Å². The molecule has 0 fully saturated rings. The lowest BCUT2D eigenvalue weighted by atomic mass is 9.83. The number of esters is 1. The predicted octanol–water partition coefficient (Wildman–Crippen LogP) is 2.64. The molecule has 1 aliphatic heterocycles. The second kappa shape index (κ2) is 6.58. The van der Waals surface area contributed by atoms with Crippen molar-refractivity contribution in [2.45, 2.75) is 39.7 Å². The van der Waals surface area contributed by atoms with Gasteiger partial charge in [-0.1, -0.05) is 12.1 Å². The van der Waals surface area contributed by atoms with Crippen LogP contribution in [0.25, 0.3) is 11.0 Å². The Morgan fingerprint density at radius 3 is 2.69 bits per heavy atom. The molecule has 1 aliphatic rings. The Bertz CT molecular complexity index is 957. The fraction of sp³-hybridized carbons (Fsp3) is 0.353. The molecular formula is C17H18N4O5. The van der Waals surface area contributed by atoms with Gasteiger partial charge in [-0.2, -0.15) is 0 Å². The van der Waals surface area contributed by atoms with E-state index in [4.69, 9.17) is 9.37 Å². The third-order valence-electron chi connectivity index (χ3n) is 4.11. The van der Waals surface area contributed by atoms with Crippen LogP contribution < -0.4 is 5.32 Å². The monoisotopic (exact) mass is 358 g/mol. The van der Waals surface area contributed by atoms with Crippen molar-refractivity contribution in [3.05, 3.63) is 56.5 Å². The molecular weight excluding hydrogens is 340 g/mol. The highest BCUT2D eigenvalue weighted by molar-refractivity contribution is 5.94. The SMILES string of the molecule is CC1=C(C(=O)OC(C)C)[C@H](c2cccc3nonc23)C([N+](=O)[O-])=C(C)N1. The Kier molecular flexibility index (Phi) is 4.45. The van der Waals surface area contributed by atoms with Gasteiger partial charge in [0.25, 0.3) is 5.70 Å². The Morgan fingerprint density at radius 2 is 2.04 bits per heavy atom. The van der Waals surface area contributed by atoms with Crippen LogP contribution >= 0.6 is 0 Å². The summed E-state index contributed by atoms with van der Waals surface area (Å²) in [5.41, 5.74) is 2.17. The molecule has 1 atom stereocenters. The van der Waals surface area contributed by atoms with Crippen LogP contribution in [0.4, 0.5) is 0 Å². The lowest BCUT2D eigenvalue weighted by molar-refractivity contribution is -0.431. The van der Waals surface area contributed by atoms with E-state index in [0.29, 0.717) is 28.0 Å². The van der Waals surface area contributed by atoms with Crippen LogP contribution in [0, 0.1) is 10.1 Å². The van der Waals surface area contributed by atoms with E-state index in [-0.39, 0.29) is 17.4 Å². The van der Waals surface area contributed by atoms with Crippen molar-refractivity contribution in [2.75, 3.05) is 0 Å². The fourth-order valence-electron chi connectivity index (χ4n) is 3.14. The van der Waals surface area contributed by atoms with Crippen molar-refractivity contribution in [3.63, 3.8) is 0 Å². The molecule has 0 saturated carbocycles. The zero-order valence-corrected chi connectivity index (χ0v) is 14.8. The van der Waals surface area contributed by atoms with Crippen molar-refractivity contribution in [2.24, 2.45) is 0 Å². The normalized spacial score (nSPS) is 17.7. The van der Waals surface area contributed by atoms with Crippen LogP contribution in [0.15, 0.2) is 45.5 Å². The molecule has 0 unspecified atom stereocenters. The second-order valence-electron chi connectivity index (χ2n) is 6.30. The van der Waals surface area contributed by atoms with Gasteiger partial charge < -0.3 is 10.1 Å². The number of carbonyl (C=O) groups excluding carboxylic acids is 1. The molecule has 1 N–H and O–H groups in total. The molecule has 0 aliphatic carbocycles. The maximum absolute atomic E-state index is 12.7. The van der Waals surface area contributed by atoms with Gasteiger partial charge in [-0.15, -0.1) is 0 Å². The molecule has 9 nitrogen and oxygen atoms in total. The molecule has 3 rings (SSSR count). The first-order valence-electron chi connectivity index (χ1n) is 8.06. The predicted molar refractivity (Wildman–Crippen MR) is 91.3 cm³/mol. The van der Waals surface area contributed by atoms with E-state index in [1.807, 2.05) is 0 Å². The molecule has 2 heterocycles. The summed E-state index contributed by atoms with van der Waals surface area (Å²) in [7, 11) is 0. The van der Waals surface area contributed by atoms with Crippen LogP contribution in [-0.4, -0.2) is 27.3 Å². The summed E-state index contributed by atoms with van der Waals surface area (Å²) in [4.78, 5) is 24.0. The molecule has 2 aromatic rings. The molecule has 26 heavy (non-hydrogen) atoms. The lowest BCUT2D eigenvalue weighted by Gasteiger charge is -2.26. The van der Waals surface area contributed by atoms with Crippen LogP contribution in [-0.2, 0) is 9.53 Å². The number of carbonyl (C=O) groups is 1. The minimum Gasteiger partial charge on any atom is -0.460 e. The van der Waals surface area contributed by atoms with Gasteiger partial charge in [0.15, 0.2) is 0 Å². The van der Waals surface area contributed by atoms with E-state index >= 15 is 0 Å². The molecule has 0 amide bonds. The van der Waals surface area contributed by atoms with E-state index in [0.717, 1.165) is 0 Å². The average Bonchev–Trinajstić information content (AvgIpc) is 3.01. The number of nitrogens with one attached hydrogen (secondary N) is 1. The number of hydrogen-bond donors (Lipinski definition) is 1. The highest BCUT2D eigenvalue weighted by Crippen LogP contribution is 2.40. The van der Waals surface area contributed by atoms with Gasteiger partial charge in [0.05, 0.1) is 22.3 Å². The fourth-order valence-corrected chi connectivity index (χ4v) is 3.14. The first-order chi connectivity index (χ1) is 12.3. The van der Waals surface area contributed by atoms with E-state index in [1.165, 1.54) is 0 Å². The minimum atomic E-state index is -0.951. The number of dihydropyridines is 1. The molecule has 136 valence electrons. The van der Waals surface area contributed by atoms with Crippen molar-refractivity contribution < 1.29 is 19.1 Å². The van der Waals surface area contributed by atoms with E-state index in [2.05, 4.69) is 15.6 Å². The third kappa shape index (κ3) is 2.92. The van der Waals surface area contributed by atoms with Crippen molar-refractivity contribution in [1.29, 1.82) is 0 Å². The number of nitrogens with zero attached hydrogens (tertiary/aromatic N) is 3. The van der Waals surface area contributed by atoms with Crippen LogP contribution in [0.5, 0.6) is 0 Å². The van der Waals surface area contributed by atoms with Gasteiger partial charge in [-0.3, -0.25) is 10.1 Å². The van der Waals surface area contributed by atoms with Crippen molar-refractivity contribution in [1.82, 2.24) is 15.6 Å². The molecule has 0 radical (unpaired) electrons. The Morgan fingerprint density at radius 1 is 1.31 bits per heavy atom. The number of benzene rings is 1. The lowest BCUT2D eigenvalue weighted by Crippen LogP contribution is -2.32. The molecule has 1 aromatic carbocycles. The Balaban J connectivity index is 2.25. The summed E-state index contributed by atoms with van der Waals surface area (Å²) < 4.78 is 10.1. The van der Waals surface area contributed by atoms with Gasteiger partial charge in [0.1, 0.15) is 17.0 Å². The summed E-state index contributed by atoms with van der Waals surface area (Å²) >= 11 is 0. The van der Waals surface area contributed by atoms with Crippen LogP contribution in [0.3, 0.4) is 0 Å². The number of rotatable bonds is 4. The van der Waals surface area contributed by atoms with Crippen molar-refractivity contribution >= 4 is 17.0 Å². The van der Waals surface area contributed by atoms with E-state index < -0.39 is 16.8 Å². The highest BCUT2D eigenvalue weighted by Gasteiger charge is 2.42. The quantitative estimate of drug-likeness (QED) is 0.503. The average molecular weight is 358 g/mol. The van der Waals surface area contributed by atoms with E-state index in [9.17, 15) is 14.9 Å². The number of allylic oxidation sites excluding steroid dienone is 3. The summed E-state index contributed by atoms with van der Waals surface area (Å²) in [6.45, 7) is 6.72. The first kappa shape index (κ1) is 17.6. The smallest absolute Gasteiger partial charge is 0.337 e. The standard InChI is InChI=1S/C17H18N4O5/c1-8(2)25-17(22)13-9(3)18-10(4)16(21(23)24)14(13)11-6-5-7-12-15(11)20-26-19-12/h5-8,14,18H,1-4H3/t14-/m0/s1. The Hall–Kier alpha value is -3.23. The van der Waals surface area contributed by atoms with Crippen LogP contribution in [0.2, 0.25) is 0 Å². The van der Waals surface area contributed by atoms with Gasteiger partial charge in [0, 0.05) is 11.3 Å². The van der Waals surface area contributed by atoms with E-state index in [1.54, 1.807) is 45.9 Å². The molecule has 1 aromatic heterocycles. The summed E-state index contributed by atoms with van der Waals surface area (Å²) in [6, 6.07) is 5.05. The van der Waals surface area contributed by atoms with Crippen LogP contribution in [0.1, 0.15) is 39.2 Å². The first-order valence-corrected chi connectivity index (χ1v) is 8.06. The zero-order chi connectivity index (χ0) is 19.0. The third-order valence-corrected chi connectivity index (χ3v) is 4.11. The van der Waals surface area contributed by atoms with Gasteiger partial charge in [-0.05, 0) is 44.1 Å². The second-order valence-corrected chi connectivity index (χ2v) is 6.30. The maximum atomic E-state index is 12.7. The Labute approximate surface area is 148 Å². The number of aromatic nitrogens is 2. The maximum Gasteiger partial charge on any atom is 0.337 e. The molecule has 0 bridgehead atoms.